The first-order valence-electron chi connectivity index (χ1n) is 7.35. The number of carbonyl (C=O) groups excluding carboxylic acids is 1. The predicted octanol–water partition coefficient (Wildman–Crippen LogP) is 5.47. The van der Waals surface area contributed by atoms with E-state index in [1.807, 2.05) is 19.9 Å². The number of methoxy groups -OCH3 is 1. The molecule has 1 aromatic carbocycles. The molecule has 0 atom stereocenters. The number of halogens is 1. The number of benzene rings is 1. The molecule has 0 fully saturated rings. The monoisotopic (exact) mass is 340 g/mol. The van der Waals surface area contributed by atoms with Gasteiger partial charge in [0.2, 0.25) is 0 Å². The molecule has 0 saturated heterocycles. The van der Waals surface area contributed by atoms with Crippen molar-refractivity contribution in [1.29, 1.82) is 0 Å². The molecular weight excluding hydrogens is 316 g/mol. The Balaban J connectivity index is 3.32. The van der Waals surface area contributed by atoms with Crippen molar-refractivity contribution >= 4 is 21.7 Å². The van der Waals surface area contributed by atoms with Crippen LogP contribution < -0.4 is 4.74 Å². The molecule has 0 amide bonds. The third-order valence-electron chi connectivity index (χ3n) is 3.76. The van der Waals surface area contributed by atoms with Gasteiger partial charge in [-0.05, 0) is 43.9 Å². The summed E-state index contributed by atoms with van der Waals surface area (Å²) in [5.41, 5.74) is 2.74. The molecule has 0 aromatic heterocycles. The second kappa shape index (κ2) is 7.82. The zero-order valence-corrected chi connectivity index (χ0v) is 14.8. The van der Waals surface area contributed by atoms with Crippen molar-refractivity contribution in [3.8, 4) is 5.75 Å². The average Bonchev–Trinajstić information content (AvgIpc) is 2.41. The van der Waals surface area contributed by atoms with Crippen molar-refractivity contribution in [3.05, 3.63) is 27.2 Å². The summed E-state index contributed by atoms with van der Waals surface area (Å²) in [6.45, 7) is 8.22. The Morgan fingerprint density at radius 1 is 1.25 bits per heavy atom. The van der Waals surface area contributed by atoms with Gasteiger partial charge in [-0.1, -0.05) is 42.6 Å². The molecular formula is C17H25BrO2. The lowest BCUT2D eigenvalue weighted by Crippen LogP contribution is -2.17. The van der Waals surface area contributed by atoms with Gasteiger partial charge >= 0.3 is 0 Å². The van der Waals surface area contributed by atoms with Crippen LogP contribution in [0.4, 0.5) is 0 Å². The topological polar surface area (TPSA) is 26.3 Å². The minimum absolute atomic E-state index is 0.103. The summed E-state index contributed by atoms with van der Waals surface area (Å²) in [6.07, 6.45) is 3.96. The molecule has 0 bridgehead atoms. The zero-order valence-electron chi connectivity index (χ0n) is 13.2. The Kier molecular flexibility index (Phi) is 6.74. The summed E-state index contributed by atoms with van der Waals surface area (Å²) < 4.78 is 6.48. The molecule has 0 aliphatic rings. The lowest BCUT2D eigenvalue weighted by molar-refractivity contribution is 0.0901. The van der Waals surface area contributed by atoms with Crippen LogP contribution in [0.3, 0.4) is 0 Å². The van der Waals surface area contributed by atoms with E-state index in [4.69, 9.17) is 4.74 Å². The summed E-state index contributed by atoms with van der Waals surface area (Å²) in [7, 11) is 1.64. The molecule has 0 aliphatic heterocycles. The fourth-order valence-corrected chi connectivity index (χ4v) is 3.26. The smallest absolute Gasteiger partial charge is 0.169 e. The molecule has 0 radical (unpaired) electrons. The van der Waals surface area contributed by atoms with Gasteiger partial charge < -0.3 is 4.74 Å². The van der Waals surface area contributed by atoms with Crippen LogP contribution in [0, 0.1) is 19.8 Å². The van der Waals surface area contributed by atoms with Crippen LogP contribution in [-0.4, -0.2) is 12.9 Å². The lowest BCUT2D eigenvalue weighted by Gasteiger charge is -2.20. The van der Waals surface area contributed by atoms with E-state index in [-0.39, 0.29) is 11.7 Å². The van der Waals surface area contributed by atoms with Gasteiger partial charge in [0.25, 0.3) is 0 Å². The van der Waals surface area contributed by atoms with Crippen molar-refractivity contribution in [2.24, 2.45) is 5.92 Å². The molecule has 0 saturated carbocycles. The van der Waals surface area contributed by atoms with Gasteiger partial charge in [0, 0.05) is 10.4 Å². The van der Waals surface area contributed by atoms with Crippen LogP contribution >= 0.6 is 15.9 Å². The van der Waals surface area contributed by atoms with E-state index in [1.54, 1.807) is 7.11 Å². The van der Waals surface area contributed by atoms with Gasteiger partial charge in [-0.3, -0.25) is 4.79 Å². The second-order valence-corrected chi connectivity index (χ2v) is 6.20. The summed E-state index contributed by atoms with van der Waals surface area (Å²) in [6, 6.07) is 2.01. The maximum Gasteiger partial charge on any atom is 0.169 e. The first-order chi connectivity index (χ1) is 9.47. The minimum Gasteiger partial charge on any atom is -0.496 e. The number of carbonyl (C=O) groups is 1. The van der Waals surface area contributed by atoms with Crippen molar-refractivity contribution in [2.75, 3.05) is 7.11 Å². The maximum absolute atomic E-state index is 12.9. The summed E-state index contributed by atoms with van der Waals surface area (Å²) >= 11 is 3.55. The number of ketones is 1. The Morgan fingerprint density at radius 3 is 2.25 bits per heavy atom. The fourth-order valence-electron chi connectivity index (χ4n) is 2.72. The number of Topliss-reactive ketones (excluding diaryl/α,β-unsaturated/α-hetero) is 1. The number of aryl methyl sites for hydroxylation is 1. The summed E-state index contributed by atoms with van der Waals surface area (Å²) in [5.74, 6) is 1.06. The molecule has 0 spiro atoms. The summed E-state index contributed by atoms with van der Waals surface area (Å²) in [5, 5.41) is 0. The zero-order chi connectivity index (χ0) is 15.3. The van der Waals surface area contributed by atoms with Crippen LogP contribution in [0.1, 0.15) is 61.0 Å². The number of hydrogen-bond acceptors (Lipinski definition) is 2. The lowest BCUT2D eigenvalue weighted by atomic mass is 9.87. The van der Waals surface area contributed by atoms with Crippen molar-refractivity contribution < 1.29 is 9.53 Å². The van der Waals surface area contributed by atoms with Gasteiger partial charge in [0.1, 0.15) is 5.75 Å². The highest BCUT2D eigenvalue weighted by molar-refractivity contribution is 9.10. The standard InChI is InChI=1S/C17H25BrO2/c1-6-8-13(9-7-2)16(19)15-12(4)14(18)10-11(3)17(15)20-5/h10,13H,6-9H2,1-5H3. The molecule has 1 aromatic rings. The molecule has 1 rings (SSSR count). The van der Waals surface area contributed by atoms with Gasteiger partial charge in [-0.15, -0.1) is 0 Å². The molecule has 0 heterocycles. The number of hydrogen-bond donors (Lipinski definition) is 0. The molecule has 2 nitrogen and oxygen atoms in total. The Morgan fingerprint density at radius 2 is 1.80 bits per heavy atom. The van der Waals surface area contributed by atoms with Crippen molar-refractivity contribution in [2.45, 2.75) is 53.4 Å². The molecule has 0 N–H and O–H groups in total. The molecule has 112 valence electrons. The van der Waals surface area contributed by atoms with Gasteiger partial charge in [0.05, 0.1) is 12.7 Å². The Hall–Kier alpha value is -0.830. The van der Waals surface area contributed by atoms with Crippen molar-refractivity contribution in [1.82, 2.24) is 0 Å². The molecule has 0 unspecified atom stereocenters. The normalized spacial score (nSPS) is 10.9. The van der Waals surface area contributed by atoms with Gasteiger partial charge in [-0.2, -0.15) is 0 Å². The van der Waals surface area contributed by atoms with E-state index >= 15 is 0 Å². The number of ether oxygens (including phenoxy) is 1. The highest BCUT2D eigenvalue weighted by atomic mass is 79.9. The van der Waals surface area contributed by atoms with E-state index in [1.165, 1.54) is 0 Å². The first-order valence-corrected chi connectivity index (χ1v) is 8.15. The van der Waals surface area contributed by atoms with E-state index < -0.39 is 0 Å². The largest absolute Gasteiger partial charge is 0.496 e. The summed E-state index contributed by atoms with van der Waals surface area (Å²) in [4.78, 5) is 12.9. The first kappa shape index (κ1) is 17.2. The third kappa shape index (κ3) is 3.63. The highest BCUT2D eigenvalue weighted by Crippen LogP contribution is 2.35. The van der Waals surface area contributed by atoms with Crippen LogP contribution in [0.15, 0.2) is 10.5 Å². The van der Waals surface area contributed by atoms with E-state index in [9.17, 15) is 4.79 Å². The third-order valence-corrected chi connectivity index (χ3v) is 4.58. The van der Waals surface area contributed by atoms with Crippen LogP contribution in [0.5, 0.6) is 5.75 Å². The average molecular weight is 341 g/mol. The molecule has 0 aliphatic carbocycles. The van der Waals surface area contributed by atoms with Crippen LogP contribution in [0.2, 0.25) is 0 Å². The van der Waals surface area contributed by atoms with E-state index in [2.05, 4.69) is 29.8 Å². The maximum atomic E-state index is 12.9. The van der Waals surface area contributed by atoms with E-state index in [0.717, 1.165) is 52.6 Å². The van der Waals surface area contributed by atoms with Crippen molar-refractivity contribution in [3.63, 3.8) is 0 Å². The second-order valence-electron chi connectivity index (χ2n) is 5.35. The highest BCUT2D eigenvalue weighted by Gasteiger charge is 2.25. The molecule has 20 heavy (non-hydrogen) atoms. The SMILES string of the molecule is CCCC(CCC)C(=O)c1c(C)c(Br)cc(C)c1OC. The van der Waals surface area contributed by atoms with Crippen LogP contribution in [-0.2, 0) is 0 Å². The van der Waals surface area contributed by atoms with Gasteiger partial charge in [0.15, 0.2) is 5.78 Å². The fraction of sp³-hybridized carbons (Fsp3) is 0.588. The van der Waals surface area contributed by atoms with Crippen LogP contribution in [0.25, 0.3) is 0 Å². The Labute approximate surface area is 131 Å². The number of rotatable bonds is 7. The molecule has 3 heteroatoms. The minimum atomic E-state index is 0.103. The van der Waals surface area contributed by atoms with Gasteiger partial charge in [-0.25, -0.2) is 0 Å². The predicted molar refractivity (Wildman–Crippen MR) is 87.8 cm³/mol. The quantitative estimate of drug-likeness (QED) is 0.615. The Bertz CT molecular complexity index is 474. The van der Waals surface area contributed by atoms with E-state index in [0.29, 0.717) is 0 Å².